The summed E-state index contributed by atoms with van der Waals surface area (Å²) in [6.07, 6.45) is 6.56. The van der Waals surface area contributed by atoms with Gasteiger partial charge in [-0.05, 0) is 19.8 Å². The predicted octanol–water partition coefficient (Wildman–Crippen LogP) is 1.73. The van der Waals surface area contributed by atoms with Crippen LogP contribution in [0.3, 0.4) is 0 Å². The molecule has 0 aromatic heterocycles. The van der Waals surface area contributed by atoms with E-state index in [9.17, 15) is 4.79 Å². The van der Waals surface area contributed by atoms with E-state index in [2.05, 4.69) is 4.90 Å². The average Bonchev–Trinajstić information content (AvgIpc) is 2.14. The molecule has 1 saturated carbocycles. The van der Waals surface area contributed by atoms with Gasteiger partial charge in [0.25, 0.3) is 0 Å². The minimum atomic E-state index is -0.635. The van der Waals surface area contributed by atoms with Gasteiger partial charge in [0, 0.05) is 19.1 Å². The highest BCUT2D eigenvalue weighted by molar-refractivity contribution is 5.76. The Bertz CT molecular complexity index is 227. The van der Waals surface area contributed by atoms with Crippen molar-refractivity contribution in [3.8, 4) is 0 Å². The van der Waals surface area contributed by atoms with Crippen molar-refractivity contribution in [2.24, 2.45) is 5.41 Å². The van der Waals surface area contributed by atoms with Crippen molar-refractivity contribution in [2.45, 2.75) is 45.1 Å². The number of carboxylic acid groups (broad SMARTS) is 1. The normalized spacial score (nSPS) is 28.4. The zero-order chi connectivity index (χ0) is 10.2. The second-order valence-electron chi connectivity index (χ2n) is 5.06. The summed E-state index contributed by atoms with van der Waals surface area (Å²) in [7, 11) is 0. The lowest BCUT2D eigenvalue weighted by Gasteiger charge is -2.50. The molecule has 1 aliphatic carbocycles. The molecule has 14 heavy (non-hydrogen) atoms. The summed E-state index contributed by atoms with van der Waals surface area (Å²) < 4.78 is 0. The summed E-state index contributed by atoms with van der Waals surface area (Å²) in [5.41, 5.74) is -0.461. The van der Waals surface area contributed by atoms with Gasteiger partial charge in [-0.3, -0.25) is 9.69 Å². The lowest BCUT2D eigenvalue weighted by molar-refractivity contribution is -0.161. The smallest absolute Gasteiger partial charge is 0.311 e. The molecule has 1 saturated heterocycles. The molecule has 0 amide bonds. The molecular weight excluding hydrogens is 178 g/mol. The third-order valence-corrected chi connectivity index (χ3v) is 3.71. The van der Waals surface area contributed by atoms with Gasteiger partial charge in [0.2, 0.25) is 0 Å². The summed E-state index contributed by atoms with van der Waals surface area (Å²) >= 11 is 0. The van der Waals surface area contributed by atoms with E-state index >= 15 is 0 Å². The van der Waals surface area contributed by atoms with Gasteiger partial charge in [-0.15, -0.1) is 0 Å². The molecule has 0 radical (unpaired) electrons. The maximum atomic E-state index is 10.9. The fourth-order valence-electron chi connectivity index (χ4n) is 2.69. The highest BCUT2D eigenvalue weighted by atomic mass is 16.4. The zero-order valence-electron chi connectivity index (χ0n) is 8.83. The van der Waals surface area contributed by atoms with Gasteiger partial charge < -0.3 is 5.11 Å². The number of rotatable bonds is 2. The van der Waals surface area contributed by atoms with E-state index in [-0.39, 0.29) is 0 Å². The van der Waals surface area contributed by atoms with E-state index in [0.717, 1.165) is 13.1 Å². The fourth-order valence-corrected chi connectivity index (χ4v) is 2.69. The fraction of sp³-hybridized carbons (Fsp3) is 0.909. The van der Waals surface area contributed by atoms with Crippen LogP contribution in [0.4, 0.5) is 0 Å². The van der Waals surface area contributed by atoms with E-state index in [0.29, 0.717) is 6.04 Å². The van der Waals surface area contributed by atoms with Crippen molar-refractivity contribution < 1.29 is 9.90 Å². The number of likely N-dealkylation sites (tertiary alicyclic amines) is 1. The molecule has 1 heterocycles. The molecule has 0 unspecified atom stereocenters. The Kier molecular flexibility index (Phi) is 2.52. The van der Waals surface area contributed by atoms with E-state index in [1.165, 1.54) is 32.1 Å². The topological polar surface area (TPSA) is 40.5 Å². The Balaban J connectivity index is 1.84. The zero-order valence-corrected chi connectivity index (χ0v) is 8.83. The summed E-state index contributed by atoms with van der Waals surface area (Å²) in [6.45, 7) is 3.37. The van der Waals surface area contributed by atoms with Gasteiger partial charge in [0.05, 0.1) is 5.41 Å². The van der Waals surface area contributed by atoms with Crippen molar-refractivity contribution >= 4 is 5.97 Å². The van der Waals surface area contributed by atoms with E-state index < -0.39 is 11.4 Å². The Labute approximate surface area is 85.1 Å². The van der Waals surface area contributed by atoms with E-state index in [1.54, 1.807) is 0 Å². The molecule has 0 aromatic carbocycles. The lowest BCUT2D eigenvalue weighted by atomic mass is 9.79. The molecule has 3 heteroatoms. The Morgan fingerprint density at radius 1 is 1.29 bits per heavy atom. The number of hydrogen-bond donors (Lipinski definition) is 1. The van der Waals surface area contributed by atoms with Gasteiger partial charge in [-0.2, -0.15) is 0 Å². The summed E-state index contributed by atoms with van der Waals surface area (Å²) in [5.74, 6) is -0.635. The SMILES string of the molecule is CC1(C(=O)O)CN(C2CCCCC2)C1. The molecule has 80 valence electrons. The van der Waals surface area contributed by atoms with Crippen LogP contribution in [0.5, 0.6) is 0 Å². The molecule has 3 nitrogen and oxygen atoms in total. The van der Waals surface area contributed by atoms with Crippen molar-refractivity contribution in [3.63, 3.8) is 0 Å². The first kappa shape index (κ1) is 9.97. The second-order valence-corrected chi connectivity index (χ2v) is 5.06. The van der Waals surface area contributed by atoms with Crippen molar-refractivity contribution in [3.05, 3.63) is 0 Å². The number of hydrogen-bond acceptors (Lipinski definition) is 2. The molecule has 1 aliphatic heterocycles. The Hall–Kier alpha value is -0.570. The standard InChI is InChI=1S/C11H19NO2/c1-11(10(13)14)7-12(8-11)9-5-3-2-4-6-9/h9H,2-8H2,1H3,(H,13,14). The number of carbonyl (C=O) groups is 1. The van der Waals surface area contributed by atoms with Gasteiger partial charge in [-0.1, -0.05) is 19.3 Å². The monoisotopic (exact) mass is 197 g/mol. The summed E-state index contributed by atoms with van der Waals surface area (Å²) in [6, 6.07) is 0.677. The first-order valence-electron chi connectivity index (χ1n) is 5.59. The molecular formula is C11H19NO2. The number of nitrogens with zero attached hydrogens (tertiary/aromatic N) is 1. The molecule has 2 fully saturated rings. The van der Waals surface area contributed by atoms with Crippen LogP contribution in [0, 0.1) is 5.41 Å². The predicted molar refractivity (Wildman–Crippen MR) is 54.2 cm³/mol. The Morgan fingerprint density at radius 2 is 1.86 bits per heavy atom. The first-order valence-corrected chi connectivity index (χ1v) is 5.59. The summed E-state index contributed by atoms with van der Waals surface area (Å²) in [4.78, 5) is 13.3. The molecule has 0 atom stereocenters. The largest absolute Gasteiger partial charge is 0.481 e. The van der Waals surface area contributed by atoms with Gasteiger partial charge in [0.15, 0.2) is 0 Å². The average molecular weight is 197 g/mol. The van der Waals surface area contributed by atoms with Gasteiger partial charge in [-0.25, -0.2) is 0 Å². The van der Waals surface area contributed by atoms with E-state index in [1.807, 2.05) is 6.92 Å². The number of carboxylic acids is 1. The molecule has 1 N–H and O–H groups in total. The maximum Gasteiger partial charge on any atom is 0.311 e. The van der Waals surface area contributed by atoms with Crippen LogP contribution in [0.25, 0.3) is 0 Å². The van der Waals surface area contributed by atoms with Crippen LogP contribution < -0.4 is 0 Å². The van der Waals surface area contributed by atoms with Crippen molar-refractivity contribution in [1.82, 2.24) is 4.90 Å². The molecule has 0 spiro atoms. The molecule has 2 aliphatic rings. The first-order chi connectivity index (χ1) is 6.62. The molecule has 0 bridgehead atoms. The molecule has 2 rings (SSSR count). The maximum absolute atomic E-state index is 10.9. The van der Waals surface area contributed by atoms with Crippen molar-refractivity contribution in [2.75, 3.05) is 13.1 Å². The van der Waals surface area contributed by atoms with Crippen LogP contribution in [0.15, 0.2) is 0 Å². The minimum Gasteiger partial charge on any atom is -0.481 e. The number of aliphatic carboxylic acids is 1. The quantitative estimate of drug-likeness (QED) is 0.733. The minimum absolute atomic E-state index is 0.461. The van der Waals surface area contributed by atoms with Crippen LogP contribution in [-0.4, -0.2) is 35.1 Å². The highest BCUT2D eigenvalue weighted by Gasteiger charge is 2.47. The van der Waals surface area contributed by atoms with Gasteiger partial charge in [0.1, 0.15) is 0 Å². The second kappa shape index (κ2) is 3.54. The van der Waals surface area contributed by atoms with E-state index in [4.69, 9.17) is 5.11 Å². The summed E-state index contributed by atoms with van der Waals surface area (Å²) in [5, 5.41) is 8.98. The lowest BCUT2D eigenvalue weighted by Crippen LogP contribution is -2.62. The third kappa shape index (κ3) is 1.65. The third-order valence-electron chi connectivity index (χ3n) is 3.71. The Morgan fingerprint density at radius 3 is 2.36 bits per heavy atom. The highest BCUT2D eigenvalue weighted by Crippen LogP contribution is 2.35. The van der Waals surface area contributed by atoms with Gasteiger partial charge >= 0.3 is 5.97 Å². The van der Waals surface area contributed by atoms with Crippen molar-refractivity contribution in [1.29, 1.82) is 0 Å². The van der Waals surface area contributed by atoms with Crippen LogP contribution in [0.1, 0.15) is 39.0 Å². The van der Waals surface area contributed by atoms with Crippen LogP contribution in [0.2, 0.25) is 0 Å². The molecule has 0 aromatic rings. The van der Waals surface area contributed by atoms with Crippen LogP contribution in [-0.2, 0) is 4.79 Å². The van der Waals surface area contributed by atoms with Crippen LogP contribution >= 0.6 is 0 Å².